The molecular weight excluding hydrogens is 344 g/mol. The maximum Gasteiger partial charge on any atom is 0.309 e. The van der Waals surface area contributed by atoms with Gasteiger partial charge < -0.3 is 20.3 Å². The first-order valence-corrected chi connectivity index (χ1v) is 9.59. The van der Waals surface area contributed by atoms with Crippen molar-refractivity contribution in [2.75, 3.05) is 33.3 Å². The summed E-state index contributed by atoms with van der Waals surface area (Å²) >= 11 is 0. The minimum atomic E-state index is -0.0946. The first kappa shape index (κ1) is 20.7. The predicted molar refractivity (Wildman–Crippen MR) is 106 cm³/mol. The van der Waals surface area contributed by atoms with Gasteiger partial charge >= 0.3 is 5.97 Å². The standard InChI is InChI=1S/C20H30N4O3/c1-4-22-20(24-12-10-17(11-13-24)19(26)27-5-2)23-14-15-6-8-16(9-7-15)18(25)21-3/h6-9,17H,4-5,10-14H2,1-3H3,(H,21,25)(H,22,23). The molecule has 27 heavy (non-hydrogen) atoms. The lowest BCUT2D eigenvalue weighted by Gasteiger charge is -2.33. The molecule has 148 valence electrons. The zero-order valence-electron chi connectivity index (χ0n) is 16.5. The molecular formula is C20H30N4O3. The molecule has 0 spiro atoms. The fourth-order valence-electron chi connectivity index (χ4n) is 3.08. The van der Waals surface area contributed by atoms with Gasteiger partial charge in [0.2, 0.25) is 0 Å². The Morgan fingerprint density at radius 1 is 1.19 bits per heavy atom. The Kier molecular flexibility index (Phi) is 8.10. The van der Waals surface area contributed by atoms with Crippen LogP contribution in [-0.4, -0.2) is 56.0 Å². The number of hydrogen-bond acceptors (Lipinski definition) is 4. The number of esters is 1. The van der Waals surface area contributed by atoms with Crippen molar-refractivity contribution in [1.29, 1.82) is 0 Å². The molecule has 1 saturated heterocycles. The van der Waals surface area contributed by atoms with Gasteiger partial charge in [0.1, 0.15) is 0 Å². The monoisotopic (exact) mass is 374 g/mol. The summed E-state index contributed by atoms with van der Waals surface area (Å²) in [6, 6.07) is 7.46. The van der Waals surface area contributed by atoms with Crippen LogP contribution in [0.5, 0.6) is 0 Å². The maximum absolute atomic E-state index is 11.9. The van der Waals surface area contributed by atoms with Crippen LogP contribution in [-0.2, 0) is 16.1 Å². The highest BCUT2D eigenvalue weighted by Gasteiger charge is 2.27. The second kappa shape index (κ2) is 10.5. The van der Waals surface area contributed by atoms with Crippen molar-refractivity contribution >= 4 is 17.8 Å². The second-order valence-electron chi connectivity index (χ2n) is 6.46. The first-order chi connectivity index (χ1) is 13.1. The van der Waals surface area contributed by atoms with Gasteiger partial charge in [0.05, 0.1) is 19.1 Å². The molecule has 1 heterocycles. The molecule has 0 atom stereocenters. The van der Waals surface area contributed by atoms with E-state index in [0.29, 0.717) is 18.7 Å². The molecule has 0 unspecified atom stereocenters. The number of carbonyl (C=O) groups excluding carboxylic acids is 2. The van der Waals surface area contributed by atoms with E-state index < -0.39 is 0 Å². The minimum absolute atomic E-state index is 0.0127. The molecule has 7 heteroatoms. The molecule has 2 rings (SSSR count). The van der Waals surface area contributed by atoms with Crippen molar-refractivity contribution in [2.24, 2.45) is 10.9 Å². The Balaban J connectivity index is 1.96. The molecule has 1 aliphatic heterocycles. The van der Waals surface area contributed by atoms with Crippen LogP contribution in [0.25, 0.3) is 0 Å². The normalized spacial score (nSPS) is 15.4. The van der Waals surface area contributed by atoms with Crippen molar-refractivity contribution in [3.63, 3.8) is 0 Å². The minimum Gasteiger partial charge on any atom is -0.466 e. The number of benzene rings is 1. The molecule has 1 aliphatic rings. The van der Waals surface area contributed by atoms with Gasteiger partial charge in [-0.15, -0.1) is 0 Å². The summed E-state index contributed by atoms with van der Waals surface area (Å²) in [6.07, 6.45) is 1.56. The number of amides is 1. The number of carbonyl (C=O) groups is 2. The smallest absolute Gasteiger partial charge is 0.309 e. The summed E-state index contributed by atoms with van der Waals surface area (Å²) in [4.78, 5) is 30.4. The van der Waals surface area contributed by atoms with Crippen molar-refractivity contribution < 1.29 is 14.3 Å². The number of likely N-dealkylation sites (tertiary alicyclic amines) is 1. The van der Waals surface area contributed by atoms with Gasteiger partial charge in [0.15, 0.2) is 5.96 Å². The van der Waals surface area contributed by atoms with Crippen LogP contribution < -0.4 is 10.6 Å². The number of hydrogen-bond donors (Lipinski definition) is 2. The van der Waals surface area contributed by atoms with Crippen molar-refractivity contribution in [1.82, 2.24) is 15.5 Å². The Hall–Kier alpha value is -2.57. The van der Waals surface area contributed by atoms with Crippen LogP contribution in [0.3, 0.4) is 0 Å². The van der Waals surface area contributed by atoms with E-state index >= 15 is 0 Å². The van der Waals surface area contributed by atoms with Gasteiger partial charge in [-0.05, 0) is 44.4 Å². The summed E-state index contributed by atoms with van der Waals surface area (Å²) < 4.78 is 5.13. The predicted octanol–water partition coefficient (Wildman–Crippen LogP) is 1.79. The zero-order chi connectivity index (χ0) is 19.6. The van der Waals surface area contributed by atoms with Gasteiger partial charge in [0.25, 0.3) is 5.91 Å². The lowest BCUT2D eigenvalue weighted by molar-refractivity contribution is -0.149. The summed E-state index contributed by atoms with van der Waals surface area (Å²) in [6.45, 7) is 7.20. The average molecular weight is 374 g/mol. The second-order valence-corrected chi connectivity index (χ2v) is 6.46. The number of rotatable bonds is 6. The van der Waals surface area contributed by atoms with Gasteiger partial charge in [-0.1, -0.05) is 12.1 Å². The van der Waals surface area contributed by atoms with Crippen LogP contribution in [0.1, 0.15) is 42.6 Å². The van der Waals surface area contributed by atoms with Gasteiger partial charge in [-0.2, -0.15) is 0 Å². The van der Waals surface area contributed by atoms with Crippen molar-refractivity contribution in [3.05, 3.63) is 35.4 Å². The molecule has 1 aromatic rings. The lowest BCUT2D eigenvalue weighted by Crippen LogP contribution is -2.46. The van der Waals surface area contributed by atoms with E-state index in [0.717, 1.165) is 44.0 Å². The van der Waals surface area contributed by atoms with Crippen LogP contribution in [0.4, 0.5) is 0 Å². The van der Waals surface area contributed by atoms with Crippen LogP contribution >= 0.6 is 0 Å². The molecule has 1 aromatic carbocycles. The van der Waals surface area contributed by atoms with Gasteiger partial charge in [0, 0.05) is 32.2 Å². The Morgan fingerprint density at radius 3 is 2.41 bits per heavy atom. The Labute approximate surface area is 161 Å². The molecule has 2 N–H and O–H groups in total. The Morgan fingerprint density at radius 2 is 1.85 bits per heavy atom. The highest BCUT2D eigenvalue weighted by atomic mass is 16.5. The molecule has 1 fully saturated rings. The number of piperidine rings is 1. The van der Waals surface area contributed by atoms with Crippen molar-refractivity contribution in [2.45, 2.75) is 33.2 Å². The topological polar surface area (TPSA) is 83.0 Å². The van der Waals surface area contributed by atoms with E-state index in [1.165, 1.54) is 0 Å². The lowest BCUT2D eigenvalue weighted by atomic mass is 9.97. The number of nitrogens with zero attached hydrogens (tertiary/aromatic N) is 2. The molecule has 0 bridgehead atoms. The molecule has 0 saturated carbocycles. The van der Waals surface area contributed by atoms with Gasteiger partial charge in [-0.25, -0.2) is 4.99 Å². The molecule has 0 radical (unpaired) electrons. The SMILES string of the molecule is CCNC(=NCc1ccc(C(=O)NC)cc1)N1CCC(C(=O)OCC)CC1. The maximum atomic E-state index is 11.9. The van der Waals surface area contributed by atoms with E-state index in [2.05, 4.69) is 15.5 Å². The summed E-state index contributed by atoms with van der Waals surface area (Å²) in [5, 5.41) is 5.94. The molecule has 0 aromatic heterocycles. The summed E-state index contributed by atoms with van der Waals surface area (Å²) in [5.74, 6) is 0.662. The highest BCUT2D eigenvalue weighted by molar-refractivity contribution is 5.93. The van der Waals surface area contributed by atoms with E-state index in [1.807, 2.05) is 26.0 Å². The van der Waals surface area contributed by atoms with E-state index in [1.54, 1.807) is 19.2 Å². The van der Waals surface area contributed by atoms with E-state index in [4.69, 9.17) is 9.73 Å². The van der Waals surface area contributed by atoms with E-state index in [9.17, 15) is 9.59 Å². The number of nitrogens with one attached hydrogen (secondary N) is 2. The largest absolute Gasteiger partial charge is 0.466 e. The Bertz CT molecular complexity index is 650. The fourth-order valence-corrected chi connectivity index (χ4v) is 3.08. The molecule has 0 aliphatic carbocycles. The van der Waals surface area contributed by atoms with Crippen LogP contribution in [0.2, 0.25) is 0 Å². The quantitative estimate of drug-likeness (QED) is 0.451. The number of aliphatic imine (C=N–C) groups is 1. The number of ether oxygens (including phenoxy) is 1. The fraction of sp³-hybridized carbons (Fsp3) is 0.550. The third-order valence-corrected chi connectivity index (χ3v) is 4.60. The van der Waals surface area contributed by atoms with E-state index in [-0.39, 0.29) is 17.8 Å². The third-order valence-electron chi connectivity index (χ3n) is 4.60. The highest BCUT2D eigenvalue weighted by Crippen LogP contribution is 2.19. The summed E-state index contributed by atoms with van der Waals surface area (Å²) in [5.41, 5.74) is 1.68. The van der Waals surface area contributed by atoms with Crippen LogP contribution in [0, 0.1) is 5.92 Å². The summed E-state index contributed by atoms with van der Waals surface area (Å²) in [7, 11) is 1.62. The van der Waals surface area contributed by atoms with Crippen LogP contribution in [0.15, 0.2) is 29.3 Å². The zero-order valence-corrected chi connectivity index (χ0v) is 16.5. The number of guanidine groups is 1. The average Bonchev–Trinajstić information content (AvgIpc) is 2.71. The third kappa shape index (κ3) is 5.98. The van der Waals surface area contributed by atoms with Gasteiger partial charge in [-0.3, -0.25) is 9.59 Å². The first-order valence-electron chi connectivity index (χ1n) is 9.59. The molecule has 7 nitrogen and oxygen atoms in total. The van der Waals surface area contributed by atoms with Crippen molar-refractivity contribution in [3.8, 4) is 0 Å². The molecule has 1 amide bonds.